The number of likely N-dealkylation sites (tertiary alicyclic amines) is 1. The third kappa shape index (κ3) is 4.60. The topological polar surface area (TPSA) is 102 Å². The first kappa shape index (κ1) is 21.8. The molecule has 31 heavy (non-hydrogen) atoms. The zero-order valence-corrected chi connectivity index (χ0v) is 17.8. The largest absolute Gasteiger partial charge is 0.392 e. The van der Waals surface area contributed by atoms with E-state index in [1.54, 1.807) is 24.3 Å². The highest BCUT2D eigenvalue weighted by molar-refractivity contribution is 5.75. The number of aliphatic hydroxyl groups is 3. The Morgan fingerprint density at radius 1 is 1.06 bits per heavy atom. The lowest BCUT2D eigenvalue weighted by atomic mass is 9.91. The zero-order chi connectivity index (χ0) is 22.0. The summed E-state index contributed by atoms with van der Waals surface area (Å²) in [5.74, 6) is -0.325. The van der Waals surface area contributed by atoms with E-state index in [-0.39, 0.29) is 24.3 Å². The molecular formula is C24H31N3O4. The lowest BCUT2D eigenvalue weighted by molar-refractivity contribution is -0.00330. The molecule has 1 aliphatic rings. The summed E-state index contributed by atoms with van der Waals surface area (Å²) < 4.78 is 1.87. The van der Waals surface area contributed by atoms with Gasteiger partial charge in [0.2, 0.25) is 0 Å². The van der Waals surface area contributed by atoms with Gasteiger partial charge in [0.05, 0.1) is 29.8 Å². The second-order valence-electron chi connectivity index (χ2n) is 8.62. The van der Waals surface area contributed by atoms with Gasteiger partial charge in [-0.1, -0.05) is 43.3 Å². The van der Waals surface area contributed by atoms with Gasteiger partial charge in [0, 0.05) is 31.6 Å². The molecule has 7 heteroatoms. The van der Waals surface area contributed by atoms with Crippen LogP contribution in [0, 0.1) is 5.92 Å². The van der Waals surface area contributed by atoms with Crippen LogP contribution in [0.3, 0.4) is 0 Å². The van der Waals surface area contributed by atoms with Crippen molar-refractivity contribution in [1.82, 2.24) is 14.5 Å². The number of aromatic amines is 1. The Labute approximate surface area is 181 Å². The van der Waals surface area contributed by atoms with Crippen LogP contribution in [0.15, 0.2) is 53.3 Å². The molecule has 3 atom stereocenters. The van der Waals surface area contributed by atoms with Gasteiger partial charge >= 0.3 is 5.69 Å². The van der Waals surface area contributed by atoms with Gasteiger partial charge in [0.15, 0.2) is 0 Å². The van der Waals surface area contributed by atoms with Crippen molar-refractivity contribution >= 4 is 11.0 Å². The lowest BCUT2D eigenvalue weighted by Crippen LogP contribution is -2.43. The number of nitrogens with zero attached hydrogens (tertiary/aromatic N) is 2. The zero-order valence-electron chi connectivity index (χ0n) is 17.8. The molecule has 4 rings (SSSR count). The summed E-state index contributed by atoms with van der Waals surface area (Å²) in [5, 5.41) is 30.6. The van der Waals surface area contributed by atoms with E-state index in [4.69, 9.17) is 5.11 Å². The first-order chi connectivity index (χ1) is 15.0. The van der Waals surface area contributed by atoms with Crippen molar-refractivity contribution in [1.29, 1.82) is 0 Å². The molecule has 0 spiro atoms. The summed E-state index contributed by atoms with van der Waals surface area (Å²) in [6, 6.07) is 15.1. The SMILES string of the molecule is CC(C(O)CN1CCC(n2c(=O)[nH]c3ccccc32)CC1)C(O)c1ccc(CO)cc1. The van der Waals surface area contributed by atoms with Gasteiger partial charge in [-0.3, -0.25) is 4.57 Å². The van der Waals surface area contributed by atoms with Crippen molar-refractivity contribution in [3.63, 3.8) is 0 Å². The maximum Gasteiger partial charge on any atom is 0.326 e. The number of H-pyrrole nitrogens is 1. The molecule has 0 saturated carbocycles. The van der Waals surface area contributed by atoms with Crippen molar-refractivity contribution in [3.8, 4) is 0 Å². The standard InChI is InChI=1S/C24H31N3O4/c1-16(23(30)18-8-6-17(15-28)7-9-18)22(29)14-26-12-10-19(11-13-26)27-21-5-3-2-4-20(21)25-24(27)31/h2-9,16,19,22-23,28-30H,10-15H2,1H3,(H,25,31). The van der Waals surface area contributed by atoms with Gasteiger partial charge in [-0.05, 0) is 36.1 Å². The number of piperidine rings is 1. The average molecular weight is 426 g/mol. The van der Waals surface area contributed by atoms with Crippen LogP contribution >= 0.6 is 0 Å². The average Bonchev–Trinajstić information content (AvgIpc) is 3.14. The fourth-order valence-electron chi connectivity index (χ4n) is 4.56. The Hall–Kier alpha value is -2.45. The van der Waals surface area contributed by atoms with Gasteiger partial charge in [-0.25, -0.2) is 4.79 Å². The summed E-state index contributed by atoms with van der Waals surface area (Å²) in [6.07, 6.45) is 0.243. The minimum Gasteiger partial charge on any atom is -0.392 e. The third-order valence-electron chi connectivity index (χ3n) is 6.60. The van der Waals surface area contributed by atoms with E-state index in [9.17, 15) is 15.0 Å². The van der Waals surface area contributed by atoms with Crippen LogP contribution in [-0.2, 0) is 6.61 Å². The van der Waals surface area contributed by atoms with Gasteiger partial charge < -0.3 is 25.2 Å². The fourth-order valence-corrected chi connectivity index (χ4v) is 4.56. The van der Waals surface area contributed by atoms with Crippen LogP contribution in [0.4, 0.5) is 0 Å². The number of rotatable bonds is 7. The molecule has 0 amide bonds. The number of hydrogen-bond donors (Lipinski definition) is 4. The molecule has 1 fully saturated rings. The number of β-amino-alcohol motifs (C(OH)–C–C–N with tert-alkyl or cyclic N) is 1. The van der Waals surface area contributed by atoms with E-state index in [1.807, 2.05) is 35.8 Å². The molecular weight excluding hydrogens is 394 g/mol. The van der Waals surface area contributed by atoms with Crippen molar-refractivity contribution in [2.75, 3.05) is 19.6 Å². The van der Waals surface area contributed by atoms with Gasteiger partial charge in [0.1, 0.15) is 0 Å². The summed E-state index contributed by atoms with van der Waals surface area (Å²) in [4.78, 5) is 17.6. The van der Waals surface area contributed by atoms with Gasteiger partial charge in [0.25, 0.3) is 0 Å². The smallest absolute Gasteiger partial charge is 0.326 e. The predicted octanol–water partition coefficient (Wildman–Crippen LogP) is 2.19. The normalized spacial score (nSPS) is 18.8. The first-order valence-electron chi connectivity index (χ1n) is 11.0. The van der Waals surface area contributed by atoms with Crippen LogP contribution in [0.1, 0.15) is 43.0 Å². The second-order valence-corrected chi connectivity index (χ2v) is 8.62. The maximum atomic E-state index is 12.4. The number of fused-ring (bicyclic) bond motifs is 1. The summed E-state index contributed by atoms with van der Waals surface area (Å²) in [7, 11) is 0. The highest BCUT2D eigenvalue weighted by Gasteiger charge is 2.29. The van der Waals surface area contributed by atoms with Crippen molar-refractivity contribution in [2.24, 2.45) is 5.92 Å². The number of aromatic nitrogens is 2. The molecule has 0 radical (unpaired) electrons. The molecule has 2 aromatic carbocycles. The molecule has 2 heterocycles. The van der Waals surface area contributed by atoms with Crippen LogP contribution in [0.25, 0.3) is 11.0 Å². The van der Waals surface area contributed by atoms with E-state index in [2.05, 4.69) is 9.88 Å². The van der Waals surface area contributed by atoms with E-state index in [1.165, 1.54) is 0 Å². The summed E-state index contributed by atoms with van der Waals surface area (Å²) >= 11 is 0. The Bertz CT molecular complexity index is 1050. The lowest BCUT2D eigenvalue weighted by Gasteiger charge is -2.35. The summed E-state index contributed by atoms with van der Waals surface area (Å²) in [5.41, 5.74) is 3.27. The second kappa shape index (κ2) is 9.36. The minimum atomic E-state index is -0.773. The first-order valence-corrected chi connectivity index (χ1v) is 11.0. The number of aliphatic hydroxyl groups excluding tert-OH is 3. The molecule has 1 aromatic heterocycles. The molecule has 0 bridgehead atoms. The minimum absolute atomic E-state index is 0.0326. The van der Waals surface area contributed by atoms with Crippen molar-refractivity contribution in [2.45, 2.75) is 44.6 Å². The number of imidazole rings is 1. The quantitative estimate of drug-likeness (QED) is 0.465. The molecule has 7 nitrogen and oxygen atoms in total. The monoisotopic (exact) mass is 425 g/mol. The Morgan fingerprint density at radius 2 is 1.74 bits per heavy atom. The van der Waals surface area contributed by atoms with Crippen LogP contribution in [0.2, 0.25) is 0 Å². The molecule has 3 aromatic rings. The van der Waals surface area contributed by atoms with Crippen LogP contribution in [-0.4, -0.2) is 55.5 Å². The summed E-state index contributed by atoms with van der Waals surface area (Å²) in [6.45, 7) is 3.90. The van der Waals surface area contributed by atoms with Gasteiger partial charge in [-0.2, -0.15) is 0 Å². The van der Waals surface area contributed by atoms with E-state index < -0.39 is 12.2 Å². The van der Waals surface area contributed by atoms with Crippen LogP contribution < -0.4 is 5.69 Å². The van der Waals surface area contributed by atoms with E-state index >= 15 is 0 Å². The number of para-hydroxylation sites is 2. The molecule has 0 aliphatic carbocycles. The van der Waals surface area contributed by atoms with Crippen molar-refractivity contribution < 1.29 is 15.3 Å². The number of hydrogen-bond acceptors (Lipinski definition) is 5. The van der Waals surface area contributed by atoms with E-state index in [0.29, 0.717) is 6.54 Å². The Kier molecular flexibility index (Phi) is 6.57. The number of nitrogens with one attached hydrogen (secondary N) is 1. The van der Waals surface area contributed by atoms with Gasteiger partial charge in [-0.15, -0.1) is 0 Å². The highest BCUT2D eigenvalue weighted by Crippen LogP contribution is 2.28. The Balaban J connectivity index is 1.34. The van der Waals surface area contributed by atoms with E-state index in [0.717, 1.165) is 48.1 Å². The molecule has 1 aliphatic heterocycles. The molecule has 3 unspecified atom stereocenters. The third-order valence-corrected chi connectivity index (χ3v) is 6.60. The highest BCUT2D eigenvalue weighted by atomic mass is 16.3. The molecule has 4 N–H and O–H groups in total. The molecule has 166 valence electrons. The molecule has 1 saturated heterocycles. The fraction of sp³-hybridized carbons (Fsp3) is 0.458. The predicted molar refractivity (Wildman–Crippen MR) is 120 cm³/mol. The maximum absolute atomic E-state index is 12.4. The van der Waals surface area contributed by atoms with Crippen LogP contribution in [0.5, 0.6) is 0 Å². The number of benzene rings is 2. The van der Waals surface area contributed by atoms with Crippen molar-refractivity contribution in [3.05, 3.63) is 70.1 Å². The Morgan fingerprint density at radius 3 is 2.42 bits per heavy atom.